The Kier molecular flexibility index (Phi) is 5.11. The Hall–Kier alpha value is -2.82. The van der Waals surface area contributed by atoms with E-state index in [-0.39, 0.29) is 11.7 Å². The number of fused-ring (bicyclic) bond motifs is 1. The van der Waals surface area contributed by atoms with Gasteiger partial charge < -0.3 is 15.6 Å². The molecule has 0 saturated carbocycles. The molecule has 0 aliphatic rings. The van der Waals surface area contributed by atoms with E-state index >= 15 is 0 Å². The van der Waals surface area contributed by atoms with E-state index in [2.05, 4.69) is 21.7 Å². The first-order chi connectivity index (χ1) is 11.7. The minimum atomic E-state index is -0.268. The Balaban J connectivity index is 1.39. The van der Waals surface area contributed by atoms with Crippen molar-refractivity contribution in [3.8, 4) is 0 Å². The van der Waals surface area contributed by atoms with Gasteiger partial charge in [0.25, 0.3) is 0 Å². The van der Waals surface area contributed by atoms with Crippen LogP contribution in [0, 0.1) is 5.82 Å². The zero-order valence-electron chi connectivity index (χ0n) is 13.3. The van der Waals surface area contributed by atoms with Crippen LogP contribution in [0.3, 0.4) is 0 Å². The summed E-state index contributed by atoms with van der Waals surface area (Å²) in [5.41, 5.74) is 3.13. The number of aromatic amines is 1. The van der Waals surface area contributed by atoms with Crippen molar-refractivity contribution in [3.05, 3.63) is 66.1 Å². The maximum absolute atomic E-state index is 12.8. The molecule has 0 saturated heterocycles. The van der Waals surface area contributed by atoms with Gasteiger partial charge >= 0.3 is 0 Å². The van der Waals surface area contributed by atoms with Gasteiger partial charge in [-0.25, -0.2) is 4.39 Å². The molecule has 0 bridgehead atoms. The van der Waals surface area contributed by atoms with Crippen molar-refractivity contribution < 1.29 is 9.18 Å². The standard InChI is InChI=1S/C19H20FN3O/c20-15-5-7-16(8-6-15)21-12-10-19(24)22-11-9-14-13-23-18-4-2-1-3-17(14)18/h1-8,13,21,23H,9-12H2,(H,22,24). The molecule has 3 aromatic rings. The van der Waals surface area contributed by atoms with Crippen molar-refractivity contribution in [3.63, 3.8) is 0 Å². The molecule has 3 rings (SSSR count). The first-order valence-corrected chi connectivity index (χ1v) is 8.03. The zero-order chi connectivity index (χ0) is 16.8. The third kappa shape index (κ3) is 4.13. The summed E-state index contributed by atoms with van der Waals surface area (Å²) in [4.78, 5) is 15.1. The summed E-state index contributed by atoms with van der Waals surface area (Å²) in [6, 6.07) is 14.2. The summed E-state index contributed by atoms with van der Waals surface area (Å²) in [5, 5.41) is 7.23. The fourth-order valence-corrected chi connectivity index (χ4v) is 2.65. The average molecular weight is 325 g/mol. The second-order valence-electron chi connectivity index (χ2n) is 5.64. The van der Waals surface area contributed by atoms with E-state index in [0.29, 0.717) is 19.5 Å². The number of hydrogen-bond acceptors (Lipinski definition) is 2. The van der Waals surface area contributed by atoms with E-state index in [4.69, 9.17) is 0 Å². The molecule has 0 unspecified atom stereocenters. The number of amides is 1. The lowest BCUT2D eigenvalue weighted by Gasteiger charge is -2.07. The average Bonchev–Trinajstić information content (AvgIpc) is 3.00. The number of benzene rings is 2. The molecule has 0 fully saturated rings. The zero-order valence-corrected chi connectivity index (χ0v) is 13.3. The summed E-state index contributed by atoms with van der Waals surface area (Å²) in [7, 11) is 0. The van der Waals surface area contributed by atoms with Crippen molar-refractivity contribution in [2.24, 2.45) is 0 Å². The molecule has 0 atom stereocenters. The van der Waals surface area contributed by atoms with Crippen molar-refractivity contribution >= 4 is 22.5 Å². The molecule has 3 N–H and O–H groups in total. The molecule has 0 aliphatic heterocycles. The SMILES string of the molecule is O=C(CCNc1ccc(F)cc1)NCCc1c[nH]c2ccccc12. The van der Waals surface area contributed by atoms with Crippen molar-refractivity contribution in [1.82, 2.24) is 10.3 Å². The van der Waals surface area contributed by atoms with Gasteiger partial charge in [0.1, 0.15) is 5.82 Å². The Labute approximate surface area is 140 Å². The van der Waals surface area contributed by atoms with Crippen LogP contribution in [0.1, 0.15) is 12.0 Å². The lowest BCUT2D eigenvalue weighted by molar-refractivity contribution is -0.120. The van der Waals surface area contributed by atoms with Crippen LogP contribution in [-0.4, -0.2) is 24.0 Å². The smallest absolute Gasteiger partial charge is 0.221 e. The molecule has 0 radical (unpaired) electrons. The van der Waals surface area contributed by atoms with Crippen LogP contribution in [0.15, 0.2) is 54.7 Å². The summed E-state index contributed by atoms with van der Waals surface area (Å²) >= 11 is 0. The van der Waals surface area contributed by atoms with Gasteiger partial charge in [-0.05, 0) is 42.3 Å². The first kappa shape index (κ1) is 16.1. The molecule has 1 aromatic heterocycles. The van der Waals surface area contributed by atoms with E-state index in [0.717, 1.165) is 17.6 Å². The maximum Gasteiger partial charge on any atom is 0.221 e. The van der Waals surface area contributed by atoms with Crippen LogP contribution in [0.25, 0.3) is 10.9 Å². The van der Waals surface area contributed by atoms with Crippen molar-refractivity contribution in [1.29, 1.82) is 0 Å². The molecular formula is C19H20FN3O. The molecule has 124 valence electrons. The third-order valence-corrected chi connectivity index (χ3v) is 3.92. The highest BCUT2D eigenvalue weighted by Crippen LogP contribution is 2.17. The van der Waals surface area contributed by atoms with Crippen LogP contribution < -0.4 is 10.6 Å². The topological polar surface area (TPSA) is 56.9 Å². The Bertz CT molecular complexity index is 811. The van der Waals surface area contributed by atoms with E-state index in [9.17, 15) is 9.18 Å². The fourth-order valence-electron chi connectivity index (χ4n) is 2.65. The second-order valence-corrected chi connectivity index (χ2v) is 5.64. The number of para-hydroxylation sites is 1. The number of aromatic nitrogens is 1. The first-order valence-electron chi connectivity index (χ1n) is 8.03. The number of rotatable bonds is 7. The van der Waals surface area contributed by atoms with Gasteiger partial charge in [-0.3, -0.25) is 4.79 Å². The highest BCUT2D eigenvalue weighted by Gasteiger charge is 2.04. The van der Waals surface area contributed by atoms with E-state index in [1.54, 1.807) is 12.1 Å². The minimum absolute atomic E-state index is 0.00412. The quantitative estimate of drug-likeness (QED) is 0.623. The van der Waals surface area contributed by atoms with Gasteiger partial charge in [0.05, 0.1) is 0 Å². The van der Waals surface area contributed by atoms with Gasteiger partial charge in [-0.1, -0.05) is 18.2 Å². The number of nitrogens with one attached hydrogen (secondary N) is 3. The van der Waals surface area contributed by atoms with Crippen molar-refractivity contribution in [2.45, 2.75) is 12.8 Å². The fraction of sp³-hybridized carbons (Fsp3) is 0.211. The molecule has 0 aliphatic carbocycles. The minimum Gasteiger partial charge on any atom is -0.385 e. The lowest BCUT2D eigenvalue weighted by Crippen LogP contribution is -2.27. The molecule has 0 spiro atoms. The van der Waals surface area contributed by atoms with E-state index in [1.165, 1.54) is 23.1 Å². The van der Waals surface area contributed by atoms with Gasteiger partial charge in [0.2, 0.25) is 5.91 Å². The predicted octanol–water partition coefficient (Wildman–Crippen LogP) is 3.47. The summed E-state index contributed by atoms with van der Waals surface area (Å²) in [5.74, 6) is -0.264. The summed E-state index contributed by atoms with van der Waals surface area (Å²) < 4.78 is 12.8. The Morgan fingerprint density at radius 1 is 1.04 bits per heavy atom. The number of anilines is 1. The van der Waals surface area contributed by atoms with Crippen LogP contribution in [0.4, 0.5) is 10.1 Å². The van der Waals surface area contributed by atoms with Crippen molar-refractivity contribution in [2.75, 3.05) is 18.4 Å². The van der Waals surface area contributed by atoms with Crippen LogP contribution >= 0.6 is 0 Å². The van der Waals surface area contributed by atoms with Crippen LogP contribution in [-0.2, 0) is 11.2 Å². The summed E-state index contributed by atoms with van der Waals surface area (Å²) in [6.45, 7) is 1.13. The monoisotopic (exact) mass is 325 g/mol. The second kappa shape index (κ2) is 7.64. The normalized spacial score (nSPS) is 10.7. The predicted molar refractivity (Wildman–Crippen MR) is 94.5 cm³/mol. The Morgan fingerprint density at radius 2 is 1.83 bits per heavy atom. The molecule has 1 heterocycles. The van der Waals surface area contributed by atoms with Gasteiger partial charge in [0.15, 0.2) is 0 Å². The van der Waals surface area contributed by atoms with Gasteiger partial charge in [-0.2, -0.15) is 0 Å². The van der Waals surface area contributed by atoms with E-state index in [1.807, 2.05) is 24.4 Å². The molecule has 5 heteroatoms. The third-order valence-electron chi connectivity index (χ3n) is 3.92. The Morgan fingerprint density at radius 3 is 2.67 bits per heavy atom. The number of H-pyrrole nitrogens is 1. The number of halogens is 1. The molecule has 4 nitrogen and oxygen atoms in total. The number of hydrogen-bond donors (Lipinski definition) is 3. The van der Waals surface area contributed by atoms with E-state index < -0.39 is 0 Å². The number of carbonyl (C=O) groups excluding carboxylic acids is 1. The summed E-state index contributed by atoms with van der Waals surface area (Å²) in [6.07, 6.45) is 3.17. The van der Waals surface area contributed by atoms with Gasteiger partial charge in [0, 0.05) is 42.3 Å². The molecule has 24 heavy (non-hydrogen) atoms. The van der Waals surface area contributed by atoms with Crippen LogP contribution in [0.2, 0.25) is 0 Å². The molecular weight excluding hydrogens is 305 g/mol. The molecule has 2 aromatic carbocycles. The highest BCUT2D eigenvalue weighted by molar-refractivity contribution is 5.83. The van der Waals surface area contributed by atoms with Gasteiger partial charge in [-0.15, -0.1) is 0 Å². The highest BCUT2D eigenvalue weighted by atomic mass is 19.1. The maximum atomic E-state index is 12.8. The largest absolute Gasteiger partial charge is 0.385 e. The molecule has 1 amide bonds. The van der Waals surface area contributed by atoms with Crippen LogP contribution in [0.5, 0.6) is 0 Å². The number of carbonyl (C=O) groups is 1. The lowest BCUT2D eigenvalue weighted by atomic mass is 10.1.